The van der Waals surface area contributed by atoms with Crippen LogP contribution in [0.1, 0.15) is 75.6 Å². The van der Waals surface area contributed by atoms with Crippen LogP contribution in [-0.4, -0.2) is 46.3 Å². The van der Waals surface area contributed by atoms with Gasteiger partial charge in [-0.15, -0.1) is 0 Å². The van der Waals surface area contributed by atoms with Gasteiger partial charge >= 0.3 is 0 Å². The monoisotopic (exact) mass is 422 g/mol. The number of amides is 1. The molecule has 0 fully saturated rings. The third-order valence-corrected chi connectivity index (χ3v) is 5.07. The van der Waals surface area contributed by atoms with Gasteiger partial charge in [-0.1, -0.05) is 51.1 Å². The van der Waals surface area contributed by atoms with E-state index < -0.39 is 0 Å². The molecule has 7 heteroatoms. The van der Waals surface area contributed by atoms with Crippen molar-refractivity contribution in [3.63, 3.8) is 0 Å². The zero-order valence-corrected chi connectivity index (χ0v) is 18.7. The summed E-state index contributed by atoms with van der Waals surface area (Å²) in [6, 6.07) is 3.57. The topological polar surface area (TPSA) is 63.3 Å². The molecule has 1 atom stereocenters. The number of carbonyl (C=O) groups is 1. The Labute approximate surface area is 179 Å². The summed E-state index contributed by atoms with van der Waals surface area (Å²) in [4.78, 5) is 15.0. The summed E-state index contributed by atoms with van der Waals surface area (Å²) >= 11 is 5.88. The van der Waals surface area contributed by atoms with Crippen LogP contribution in [0.3, 0.4) is 0 Å². The second-order valence-corrected chi connectivity index (χ2v) is 8.15. The molecular weight excluding hydrogens is 388 g/mol. The lowest BCUT2D eigenvalue weighted by atomic mass is 10.2. The van der Waals surface area contributed by atoms with Crippen molar-refractivity contribution in [3.8, 4) is 0 Å². The fraction of sp³-hybridized carbons (Fsp3) is 0.636. The largest absolute Gasteiger partial charge is 0.454 e. The Balaban J connectivity index is 1.83. The SMILES string of the molecule is CCCCCN(CCCCC)C[C@H](C)NC(=O)c1ccc(Cn2cc(Cl)cn2)o1. The van der Waals surface area contributed by atoms with Crippen molar-refractivity contribution in [3.05, 3.63) is 41.1 Å². The van der Waals surface area contributed by atoms with E-state index in [-0.39, 0.29) is 11.9 Å². The number of unbranched alkanes of at least 4 members (excludes halogenated alkanes) is 4. The van der Waals surface area contributed by atoms with Gasteiger partial charge in [0.05, 0.1) is 17.8 Å². The molecule has 0 saturated carbocycles. The lowest BCUT2D eigenvalue weighted by molar-refractivity contribution is 0.0898. The molecule has 2 aromatic heterocycles. The average Bonchev–Trinajstić information content (AvgIpc) is 3.31. The van der Waals surface area contributed by atoms with Gasteiger partial charge in [-0.25, -0.2) is 0 Å². The van der Waals surface area contributed by atoms with Crippen LogP contribution in [0.15, 0.2) is 28.9 Å². The fourth-order valence-electron chi connectivity index (χ4n) is 3.36. The minimum absolute atomic E-state index is 0.0595. The first-order valence-electron chi connectivity index (χ1n) is 10.8. The van der Waals surface area contributed by atoms with Crippen LogP contribution in [0.25, 0.3) is 0 Å². The number of hydrogen-bond acceptors (Lipinski definition) is 4. The van der Waals surface area contributed by atoms with Crippen molar-refractivity contribution in [2.75, 3.05) is 19.6 Å². The molecule has 2 rings (SSSR count). The summed E-state index contributed by atoms with van der Waals surface area (Å²) in [6.45, 7) is 9.99. The third-order valence-electron chi connectivity index (χ3n) is 4.87. The maximum absolute atomic E-state index is 12.6. The predicted molar refractivity (Wildman–Crippen MR) is 117 cm³/mol. The van der Waals surface area contributed by atoms with Crippen LogP contribution in [0.2, 0.25) is 5.02 Å². The van der Waals surface area contributed by atoms with Crippen molar-refractivity contribution >= 4 is 17.5 Å². The minimum Gasteiger partial charge on any atom is -0.454 e. The molecule has 2 heterocycles. The Hall–Kier alpha value is -1.79. The summed E-state index contributed by atoms with van der Waals surface area (Å²) in [6.07, 6.45) is 10.7. The highest BCUT2D eigenvalue weighted by Gasteiger charge is 2.16. The highest BCUT2D eigenvalue weighted by Crippen LogP contribution is 2.12. The first-order chi connectivity index (χ1) is 14.0. The quantitative estimate of drug-likeness (QED) is 0.436. The Morgan fingerprint density at radius 3 is 2.48 bits per heavy atom. The number of nitrogens with zero attached hydrogens (tertiary/aromatic N) is 3. The molecule has 0 radical (unpaired) electrons. The van der Waals surface area contributed by atoms with Gasteiger partial charge in [0.15, 0.2) is 5.76 Å². The molecule has 162 valence electrons. The molecular formula is C22H35ClN4O2. The molecule has 29 heavy (non-hydrogen) atoms. The molecule has 2 aromatic rings. The smallest absolute Gasteiger partial charge is 0.287 e. The summed E-state index contributed by atoms with van der Waals surface area (Å²) in [5.74, 6) is 0.821. The number of halogens is 1. The number of aromatic nitrogens is 2. The summed E-state index contributed by atoms with van der Waals surface area (Å²) in [5, 5.41) is 7.77. The molecule has 0 aromatic carbocycles. The lowest BCUT2D eigenvalue weighted by Gasteiger charge is -2.26. The number of hydrogen-bond donors (Lipinski definition) is 1. The number of carbonyl (C=O) groups excluding carboxylic acids is 1. The summed E-state index contributed by atoms with van der Waals surface area (Å²) in [5.41, 5.74) is 0. The van der Waals surface area contributed by atoms with E-state index in [1.54, 1.807) is 29.2 Å². The van der Waals surface area contributed by atoms with Crippen LogP contribution in [0.5, 0.6) is 0 Å². The van der Waals surface area contributed by atoms with Gasteiger partial charge < -0.3 is 14.6 Å². The van der Waals surface area contributed by atoms with E-state index in [0.29, 0.717) is 23.1 Å². The van der Waals surface area contributed by atoms with Crippen molar-refractivity contribution in [2.24, 2.45) is 0 Å². The molecule has 0 aliphatic heterocycles. The van der Waals surface area contributed by atoms with Crippen molar-refractivity contribution in [1.29, 1.82) is 0 Å². The Morgan fingerprint density at radius 2 is 1.90 bits per heavy atom. The molecule has 0 saturated heterocycles. The van der Waals surface area contributed by atoms with Crippen LogP contribution in [0, 0.1) is 0 Å². The summed E-state index contributed by atoms with van der Waals surface area (Å²) < 4.78 is 7.37. The van der Waals surface area contributed by atoms with Crippen molar-refractivity contribution in [1.82, 2.24) is 20.0 Å². The van der Waals surface area contributed by atoms with Crippen molar-refractivity contribution < 1.29 is 9.21 Å². The second kappa shape index (κ2) is 12.7. The zero-order valence-electron chi connectivity index (χ0n) is 18.0. The highest BCUT2D eigenvalue weighted by atomic mass is 35.5. The maximum Gasteiger partial charge on any atom is 0.287 e. The standard InChI is InChI=1S/C22H35ClN4O2/c1-4-6-8-12-26(13-9-7-5-2)15-18(3)25-22(28)21-11-10-20(29-21)17-27-16-19(23)14-24-27/h10-11,14,16,18H,4-9,12-13,15,17H2,1-3H3,(H,25,28)/t18-/m0/s1. The number of rotatable bonds is 14. The molecule has 0 bridgehead atoms. The van der Waals surface area contributed by atoms with Gasteiger partial charge in [0.1, 0.15) is 5.76 Å². The van der Waals surface area contributed by atoms with Gasteiger partial charge in [-0.3, -0.25) is 9.48 Å². The minimum atomic E-state index is -0.177. The van der Waals surface area contributed by atoms with Crippen LogP contribution >= 0.6 is 11.6 Å². The van der Waals surface area contributed by atoms with E-state index in [0.717, 1.165) is 19.6 Å². The fourth-order valence-corrected chi connectivity index (χ4v) is 3.52. The third kappa shape index (κ3) is 8.62. The first kappa shape index (κ1) is 23.5. The molecule has 0 aliphatic rings. The molecule has 1 N–H and O–H groups in total. The van der Waals surface area contributed by atoms with E-state index in [1.165, 1.54) is 38.5 Å². The lowest BCUT2D eigenvalue weighted by Crippen LogP contribution is -2.42. The number of nitrogens with one attached hydrogen (secondary N) is 1. The molecule has 1 amide bonds. The van der Waals surface area contributed by atoms with Crippen molar-refractivity contribution in [2.45, 2.75) is 71.9 Å². The highest BCUT2D eigenvalue weighted by molar-refractivity contribution is 6.30. The van der Waals surface area contributed by atoms with E-state index in [9.17, 15) is 4.79 Å². The van der Waals surface area contributed by atoms with Gasteiger partial charge in [-0.2, -0.15) is 5.10 Å². The van der Waals surface area contributed by atoms with Crippen LogP contribution in [-0.2, 0) is 6.54 Å². The van der Waals surface area contributed by atoms with Gasteiger partial charge in [0, 0.05) is 18.8 Å². The maximum atomic E-state index is 12.6. The average molecular weight is 423 g/mol. The van der Waals surface area contributed by atoms with Gasteiger partial charge in [-0.05, 0) is 45.0 Å². The van der Waals surface area contributed by atoms with E-state index in [2.05, 4.69) is 36.1 Å². The van der Waals surface area contributed by atoms with E-state index >= 15 is 0 Å². The Bertz CT molecular complexity index is 718. The molecule has 0 spiro atoms. The normalized spacial score (nSPS) is 12.4. The first-order valence-corrected chi connectivity index (χ1v) is 11.2. The molecule has 0 aliphatic carbocycles. The molecule has 0 unspecified atom stereocenters. The van der Waals surface area contributed by atoms with Crippen LogP contribution in [0.4, 0.5) is 0 Å². The molecule has 6 nitrogen and oxygen atoms in total. The number of furan rings is 1. The van der Waals surface area contributed by atoms with Gasteiger partial charge in [0.25, 0.3) is 5.91 Å². The Kier molecular flexibility index (Phi) is 10.3. The van der Waals surface area contributed by atoms with E-state index in [4.69, 9.17) is 16.0 Å². The zero-order chi connectivity index (χ0) is 21.1. The predicted octanol–water partition coefficient (Wildman–Crippen LogP) is 4.98. The van der Waals surface area contributed by atoms with E-state index in [1.807, 2.05) is 0 Å². The van der Waals surface area contributed by atoms with Crippen LogP contribution < -0.4 is 5.32 Å². The second-order valence-electron chi connectivity index (χ2n) is 7.71. The summed E-state index contributed by atoms with van der Waals surface area (Å²) in [7, 11) is 0. The Morgan fingerprint density at radius 1 is 1.21 bits per heavy atom. The van der Waals surface area contributed by atoms with Gasteiger partial charge in [0.2, 0.25) is 0 Å².